The quantitative estimate of drug-likeness (QED) is 0.557. The first-order valence-electron chi connectivity index (χ1n) is 9.49. The van der Waals surface area contributed by atoms with Crippen molar-refractivity contribution in [3.05, 3.63) is 53.1 Å². The minimum atomic E-state index is -3.79. The van der Waals surface area contributed by atoms with Crippen LogP contribution in [0, 0.1) is 0 Å². The van der Waals surface area contributed by atoms with E-state index in [0.717, 1.165) is 17.0 Å². The third-order valence-electron chi connectivity index (χ3n) is 4.47. The molecule has 2 aromatic carbocycles. The third kappa shape index (κ3) is 6.27. The van der Waals surface area contributed by atoms with Gasteiger partial charge in [0, 0.05) is 5.02 Å². The van der Waals surface area contributed by atoms with Gasteiger partial charge in [-0.3, -0.25) is 9.10 Å². The van der Waals surface area contributed by atoms with Crippen LogP contribution in [0.1, 0.15) is 19.4 Å². The van der Waals surface area contributed by atoms with Gasteiger partial charge in [0.25, 0.3) is 0 Å². The van der Waals surface area contributed by atoms with E-state index in [0.29, 0.717) is 16.5 Å². The van der Waals surface area contributed by atoms with Crippen molar-refractivity contribution in [2.45, 2.75) is 26.3 Å². The van der Waals surface area contributed by atoms with E-state index < -0.39 is 22.0 Å². The Balaban J connectivity index is 2.04. The molecule has 1 unspecified atom stereocenters. The molecule has 1 N–H and O–H groups in total. The largest absolute Gasteiger partial charge is 0.495 e. The van der Waals surface area contributed by atoms with Gasteiger partial charge in [-0.15, -0.1) is 0 Å². The summed E-state index contributed by atoms with van der Waals surface area (Å²) < 4.78 is 36.8. The van der Waals surface area contributed by atoms with E-state index >= 15 is 0 Å². The highest BCUT2D eigenvalue weighted by molar-refractivity contribution is 7.92. The second-order valence-electron chi connectivity index (χ2n) is 6.69. The number of carbonyl (C=O) groups is 1. The molecular formula is C21H27ClN2O5S. The maximum atomic E-state index is 12.6. The number of ether oxygens (including phenoxy) is 2. The zero-order chi connectivity index (χ0) is 22.3. The van der Waals surface area contributed by atoms with Crippen molar-refractivity contribution in [2.75, 3.05) is 30.8 Å². The Bertz CT molecular complexity index is 964. The Hall–Kier alpha value is -2.45. The summed E-state index contributed by atoms with van der Waals surface area (Å²) in [4.78, 5) is 12.6. The van der Waals surface area contributed by atoms with E-state index in [9.17, 15) is 13.2 Å². The molecule has 0 aromatic heterocycles. The number of sulfonamides is 1. The first-order valence-corrected chi connectivity index (χ1v) is 11.7. The summed E-state index contributed by atoms with van der Waals surface area (Å²) in [5.74, 6) is 0.534. The molecule has 0 heterocycles. The van der Waals surface area contributed by atoms with Gasteiger partial charge in [0.05, 0.1) is 25.6 Å². The van der Waals surface area contributed by atoms with Crippen molar-refractivity contribution in [3.63, 3.8) is 0 Å². The summed E-state index contributed by atoms with van der Waals surface area (Å²) in [6.45, 7) is 4.05. The van der Waals surface area contributed by atoms with Crippen LogP contribution in [-0.2, 0) is 21.2 Å². The number of methoxy groups -OCH3 is 1. The lowest BCUT2D eigenvalue weighted by Crippen LogP contribution is -2.48. The fraction of sp³-hybridized carbons (Fsp3) is 0.381. The molecule has 2 rings (SSSR count). The van der Waals surface area contributed by atoms with Gasteiger partial charge >= 0.3 is 0 Å². The van der Waals surface area contributed by atoms with E-state index in [-0.39, 0.29) is 18.8 Å². The highest BCUT2D eigenvalue weighted by atomic mass is 35.5. The van der Waals surface area contributed by atoms with Crippen LogP contribution in [0.5, 0.6) is 11.5 Å². The fourth-order valence-electron chi connectivity index (χ4n) is 2.93. The standard InChI is InChI=1S/C21H27ClN2O5S/c1-5-16-6-9-18(10-7-16)29-13-12-23-21(25)15(2)24(30(4,26)27)19-14-17(22)8-11-20(19)28-3/h6-11,14-15H,5,12-13H2,1-4H3,(H,23,25). The molecule has 0 fully saturated rings. The number of amides is 1. The predicted molar refractivity (Wildman–Crippen MR) is 119 cm³/mol. The number of carbonyl (C=O) groups excluding carboxylic acids is 1. The van der Waals surface area contributed by atoms with Gasteiger partial charge in [-0.05, 0) is 49.2 Å². The van der Waals surface area contributed by atoms with Crippen LogP contribution in [0.2, 0.25) is 5.02 Å². The predicted octanol–water partition coefficient (Wildman–Crippen LogP) is 3.26. The van der Waals surface area contributed by atoms with Crippen LogP contribution in [0.4, 0.5) is 5.69 Å². The molecule has 1 amide bonds. The van der Waals surface area contributed by atoms with Crippen LogP contribution in [0.3, 0.4) is 0 Å². The smallest absolute Gasteiger partial charge is 0.243 e. The van der Waals surface area contributed by atoms with Gasteiger partial charge in [0.2, 0.25) is 15.9 Å². The molecule has 0 aliphatic carbocycles. The lowest BCUT2D eigenvalue weighted by molar-refractivity contribution is -0.121. The van der Waals surface area contributed by atoms with Crippen molar-refractivity contribution in [1.29, 1.82) is 0 Å². The monoisotopic (exact) mass is 454 g/mol. The van der Waals surface area contributed by atoms with Gasteiger partial charge in [-0.2, -0.15) is 0 Å². The average molecular weight is 455 g/mol. The van der Waals surface area contributed by atoms with Crippen LogP contribution >= 0.6 is 11.6 Å². The van der Waals surface area contributed by atoms with Crippen LogP contribution < -0.4 is 19.1 Å². The summed E-state index contributed by atoms with van der Waals surface area (Å²) in [6.07, 6.45) is 1.97. The maximum Gasteiger partial charge on any atom is 0.243 e. The molecule has 0 saturated carbocycles. The molecule has 0 spiro atoms. The first kappa shape index (κ1) is 23.8. The molecule has 0 aliphatic rings. The second-order valence-corrected chi connectivity index (χ2v) is 8.98. The van der Waals surface area contributed by atoms with Crippen LogP contribution in [0.25, 0.3) is 0 Å². The molecule has 0 aliphatic heterocycles. The molecule has 7 nitrogen and oxygen atoms in total. The maximum absolute atomic E-state index is 12.6. The Labute approximate surface area is 183 Å². The Kier molecular flexibility index (Phi) is 8.37. The van der Waals surface area contributed by atoms with Crippen molar-refractivity contribution in [3.8, 4) is 11.5 Å². The van der Waals surface area contributed by atoms with E-state index in [1.165, 1.54) is 25.7 Å². The topological polar surface area (TPSA) is 84.9 Å². The minimum absolute atomic E-state index is 0.197. The van der Waals surface area contributed by atoms with E-state index in [1.54, 1.807) is 12.1 Å². The van der Waals surface area contributed by atoms with Gasteiger partial charge in [0.15, 0.2) is 0 Å². The molecule has 0 saturated heterocycles. The highest BCUT2D eigenvalue weighted by Crippen LogP contribution is 2.34. The zero-order valence-electron chi connectivity index (χ0n) is 17.5. The molecule has 30 heavy (non-hydrogen) atoms. The van der Waals surface area contributed by atoms with Crippen molar-refractivity contribution < 1.29 is 22.7 Å². The molecule has 0 bridgehead atoms. The van der Waals surface area contributed by atoms with Crippen molar-refractivity contribution in [2.24, 2.45) is 0 Å². The third-order valence-corrected chi connectivity index (χ3v) is 5.93. The molecule has 2 aromatic rings. The molecule has 0 radical (unpaired) electrons. The van der Waals surface area contributed by atoms with E-state index in [2.05, 4.69) is 12.2 Å². The number of rotatable bonds is 10. The lowest BCUT2D eigenvalue weighted by Gasteiger charge is -2.29. The Morgan fingerprint density at radius 2 is 1.87 bits per heavy atom. The average Bonchev–Trinajstić information content (AvgIpc) is 2.70. The Morgan fingerprint density at radius 1 is 1.20 bits per heavy atom. The summed E-state index contributed by atoms with van der Waals surface area (Å²) in [5, 5.41) is 3.03. The number of nitrogens with one attached hydrogen (secondary N) is 1. The number of aryl methyl sites for hydroxylation is 1. The van der Waals surface area contributed by atoms with Crippen molar-refractivity contribution >= 4 is 33.2 Å². The number of hydrogen-bond acceptors (Lipinski definition) is 5. The SMILES string of the molecule is CCc1ccc(OCCNC(=O)C(C)N(c2cc(Cl)ccc2OC)S(C)(=O)=O)cc1. The molecule has 164 valence electrons. The van der Waals surface area contributed by atoms with Crippen LogP contribution in [-0.4, -0.2) is 46.9 Å². The normalized spacial score (nSPS) is 12.2. The fourth-order valence-corrected chi connectivity index (χ4v) is 4.27. The van der Waals surface area contributed by atoms with Gasteiger partial charge in [0.1, 0.15) is 24.1 Å². The number of benzene rings is 2. The van der Waals surface area contributed by atoms with Crippen molar-refractivity contribution in [1.82, 2.24) is 5.32 Å². The lowest BCUT2D eigenvalue weighted by atomic mass is 10.2. The summed E-state index contributed by atoms with van der Waals surface area (Å²) in [7, 11) is -2.37. The van der Waals surface area contributed by atoms with E-state index in [1.807, 2.05) is 24.3 Å². The Morgan fingerprint density at radius 3 is 2.43 bits per heavy atom. The molecule has 9 heteroatoms. The number of halogens is 1. The first-order chi connectivity index (χ1) is 14.2. The van der Waals surface area contributed by atoms with Crippen LogP contribution in [0.15, 0.2) is 42.5 Å². The van der Waals surface area contributed by atoms with E-state index in [4.69, 9.17) is 21.1 Å². The summed E-state index contributed by atoms with van der Waals surface area (Å²) in [6, 6.07) is 11.3. The molecule has 1 atom stereocenters. The number of hydrogen-bond donors (Lipinski definition) is 1. The number of anilines is 1. The highest BCUT2D eigenvalue weighted by Gasteiger charge is 2.31. The summed E-state index contributed by atoms with van der Waals surface area (Å²) in [5.41, 5.74) is 1.41. The zero-order valence-corrected chi connectivity index (χ0v) is 19.1. The van der Waals surface area contributed by atoms with Gasteiger partial charge in [-0.25, -0.2) is 8.42 Å². The number of nitrogens with zero attached hydrogens (tertiary/aromatic N) is 1. The van der Waals surface area contributed by atoms with Gasteiger partial charge < -0.3 is 14.8 Å². The summed E-state index contributed by atoms with van der Waals surface area (Å²) >= 11 is 6.04. The molecular weight excluding hydrogens is 428 g/mol. The van der Waals surface area contributed by atoms with Gasteiger partial charge in [-0.1, -0.05) is 30.7 Å². The minimum Gasteiger partial charge on any atom is -0.495 e. The second kappa shape index (κ2) is 10.5.